The topological polar surface area (TPSA) is 106 Å². The fourth-order valence-electron chi connectivity index (χ4n) is 3.57. The Kier molecular flexibility index (Phi) is 4.23. The molecule has 0 radical (unpaired) electrons. The van der Waals surface area contributed by atoms with E-state index in [1.165, 1.54) is 6.07 Å². The van der Waals surface area contributed by atoms with Gasteiger partial charge in [0.05, 0.1) is 29.2 Å². The summed E-state index contributed by atoms with van der Waals surface area (Å²) in [6, 6.07) is 7.83. The molecule has 4 rings (SSSR count). The molecule has 0 spiro atoms. The minimum atomic E-state index is -0.557. The standard InChI is InChI=1S/C19H17BFN7O/c1-26-9-24-16-17(26)13-6-14(11-3-10(7-22)4-12(21)5-11)28(8-15(23)29)18(13)25-19(16)27(2)20/h3-6,9H,8,20H2,1-2H3,(H2,23,29). The van der Waals surface area contributed by atoms with Gasteiger partial charge in [-0.25, -0.2) is 14.4 Å². The van der Waals surface area contributed by atoms with Crippen molar-refractivity contribution in [3.05, 3.63) is 42.0 Å². The van der Waals surface area contributed by atoms with E-state index >= 15 is 0 Å². The number of aromatic nitrogens is 4. The van der Waals surface area contributed by atoms with Crippen molar-refractivity contribution in [2.24, 2.45) is 12.8 Å². The number of aryl methyl sites for hydroxylation is 1. The zero-order chi connectivity index (χ0) is 20.9. The maximum Gasteiger partial charge on any atom is 0.237 e. The number of rotatable bonds is 4. The fraction of sp³-hybridized carbons (Fsp3) is 0.158. The molecular formula is C19H17BFN7O. The highest BCUT2D eigenvalue weighted by Gasteiger charge is 2.21. The molecule has 0 unspecified atom stereocenters. The van der Waals surface area contributed by atoms with Gasteiger partial charge < -0.3 is 19.7 Å². The molecule has 0 aliphatic carbocycles. The third-order valence-corrected chi connectivity index (χ3v) is 4.74. The van der Waals surface area contributed by atoms with E-state index in [1.54, 1.807) is 17.0 Å². The number of imidazole rings is 1. The second-order valence-electron chi connectivity index (χ2n) is 7.04. The maximum absolute atomic E-state index is 14.1. The molecule has 144 valence electrons. The number of nitrogens with zero attached hydrogens (tertiary/aromatic N) is 6. The number of nitrogens with two attached hydrogens (primary N) is 1. The number of primary amides is 1. The Morgan fingerprint density at radius 2 is 2.14 bits per heavy atom. The second-order valence-corrected chi connectivity index (χ2v) is 7.04. The zero-order valence-corrected chi connectivity index (χ0v) is 16.1. The molecule has 29 heavy (non-hydrogen) atoms. The molecule has 4 aromatic rings. The van der Waals surface area contributed by atoms with E-state index in [9.17, 15) is 14.4 Å². The van der Waals surface area contributed by atoms with Crippen molar-refractivity contribution in [2.75, 3.05) is 11.9 Å². The van der Waals surface area contributed by atoms with Crippen molar-refractivity contribution >= 4 is 41.8 Å². The Labute approximate surface area is 166 Å². The van der Waals surface area contributed by atoms with Crippen LogP contribution in [0.5, 0.6) is 0 Å². The average molecular weight is 389 g/mol. The number of hydrogen-bond acceptors (Lipinski definition) is 5. The smallest absolute Gasteiger partial charge is 0.237 e. The zero-order valence-electron chi connectivity index (χ0n) is 16.1. The molecule has 1 aromatic carbocycles. The number of carbonyl (C=O) groups is 1. The highest BCUT2D eigenvalue weighted by Crippen LogP contribution is 2.35. The van der Waals surface area contributed by atoms with Crippen LogP contribution in [0.3, 0.4) is 0 Å². The summed E-state index contributed by atoms with van der Waals surface area (Å²) in [7, 11) is 5.59. The van der Waals surface area contributed by atoms with Gasteiger partial charge in [-0.2, -0.15) is 5.26 Å². The predicted octanol–water partition coefficient (Wildman–Crippen LogP) is 1.07. The maximum atomic E-state index is 14.1. The van der Waals surface area contributed by atoms with E-state index in [1.807, 2.05) is 43.6 Å². The summed E-state index contributed by atoms with van der Waals surface area (Å²) in [5, 5.41) is 9.96. The second kappa shape index (κ2) is 6.63. The van der Waals surface area contributed by atoms with Crippen LogP contribution in [0.25, 0.3) is 33.3 Å². The van der Waals surface area contributed by atoms with Crippen molar-refractivity contribution in [2.45, 2.75) is 6.54 Å². The van der Waals surface area contributed by atoms with Crippen LogP contribution in [0.15, 0.2) is 30.6 Å². The minimum absolute atomic E-state index is 0.138. The van der Waals surface area contributed by atoms with Crippen LogP contribution in [0.1, 0.15) is 5.56 Å². The highest BCUT2D eigenvalue weighted by molar-refractivity contribution is 6.21. The number of halogens is 1. The third kappa shape index (κ3) is 2.97. The van der Waals surface area contributed by atoms with Crippen molar-refractivity contribution < 1.29 is 9.18 Å². The molecule has 0 aliphatic heterocycles. The van der Waals surface area contributed by atoms with E-state index in [-0.39, 0.29) is 12.1 Å². The molecule has 0 fully saturated rings. The molecule has 0 aliphatic rings. The first-order valence-corrected chi connectivity index (χ1v) is 8.81. The molecule has 8 nitrogen and oxygen atoms in total. The molecular weight excluding hydrogens is 372 g/mol. The van der Waals surface area contributed by atoms with Crippen LogP contribution in [0, 0.1) is 17.1 Å². The van der Waals surface area contributed by atoms with Gasteiger partial charge in [-0.3, -0.25) is 4.79 Å². The molecule has 3 aromatic heterocycles. The molecule has 1 amide bonds. The van der Waals surface area contributed by atoms with Crippen LogP contribution in [0.2, 0.25) is 0 Å². The van der Waals surface area contributed by atoms with Crippen molar-refractivity contribution in [3.63, 3.8) is 0 Å². The summed E-state index contributed by atoms with van der Waals surface area (Å²) in [5.41, 5.74) is 8.75. The van der Waals surface area contributed by atoms with E-state index in [0.29, 0.717) is 28.2 Å². The van der Waals surface area contributed by atoms with Gasteiger partial charge in [0.2, 0.25) is 13.9 Å². The molecule has 3 heterocycles. The van der Waals surface area contributed by atoms with Gasteiger partial charge in [0.1, 0.15) is 29.3 Å². The lowest BCUT2D eigenvalue weighted by atomic mass is 10.1. The summed E-state index contributed by atoms with van der Waals surface area (Å²) in [5.74, 6) is -0.457. The Balaban J connectivity index is 2.14. The summed E-state index contributed by atoms with van der Waals surface area (Å²) < 4.78 is 17.6. The van der Waals surface area contributed by atoms with Crippen LogP contribution >= 0.6 is 0 Å². The molecule has 2 N–H and O–H groups in total. The Morgan fingerprint density at radius 1 is 1.38 bits per heavy atom. The number of nitriles is 1. The fourth-order valence-corrected chi connectivity index (χ4v) is 3.57. The normalized spacial score (nSPS) is 11.1. The van der Waals surface area contributed by atoms with Crippen LogP contribution in [0.4, 0.5) is 10.2 Å². The number of anilines is 1. The highest BCUT2D eigenvalue weighted by atomic mass is 19.1. The molecule has 0 bridgehead atoms. The molecule has 0 saturated carbocycles. The van der Waals surface area contributed by atoms with Crippen molar-refractivity contribution in [1.29, 1.82) is 5.26 Å². The van der Waals surface area contributed by atoms with E-state index in [0.717, 1.165) is 17.0 Å². The van der Waals surface area contributed by atoms with Crippen molar-refractivity contribution in [1.82, 2.24) is 19.1 Å². The van der Waals surface area contributed by atoms with Gasteiger partial charge in [-0.15, -0.1) is 0 Å². The lowest BCUT2D eigenvalue weighted by Crippen LogP contribution is -2.20. The summed E-state index contributed by atoms with van der Waals surface area (Å²) in [6.07, 6.45) is 1.69. The van der Waals surface area contributed by atoms with Gasteiger partial charge in [-0.1, -0.05) is 0 Å². The van der Waals surface area contributed by atoms with Crippen LogP contribution in [-0.4, -0.2) is 40.0 Å². The summed E-state index contributed by atoms with van der Waals surface area (Å²) in [4.78, 5) is 22.8. The van der Waals surface area contributed by atoms with Gasteiger partial charge >= 0.3 is 0 Å². The number of amides is 1. The molecule has 10 heteroatoms. The number of hydrogen-bond donors (Lipinski definition) is 1. The van der Waals surface area contributed by atoms with Crippen LogP contribution in [-0.2, 0) is 18.4 Å². The van der Waals surface area contributed by atoms with Gasteiger partial charge in [0.15, 0.2) is 0 Å². The predicted molar refractivity (Wildman–Crippen MR) is 110 cm³/mol. The lowest BCUT2D eigenvalue weighted by molar-refractivity contribution is -0.118. The van der Waals surface area contributed by atoms with Crippen molar-refractivity contribution in [3.8, 4) is 17.3 Å². The first kappa shape index (κ1) is 18.5. The van der Waals surface area contributed by atoms with Gasteiger partial charge in [0, 0.05) is 18.0 Å². The average Bonchev–Trinajstić information content (AvgIpc) is 3.21. The van der Waals surface area contributed by atoms with Gasteiger partial charge in [0.25, 0.3) is 0 Å². The minimum Gasteiger partial charge on any atom is -0.408 e. The van der Waals surface area contributed by atoms with Crippen LogP contribution < -0.4 is 10.5 Å². The Bertz CT molecular complexity index is 1330. The summed E-state index contributed by atoms with van der Waals surface area (Å²) in [6.45, 7) is -0.138. The van der Waals surface area contributed by atoms with E-state index in [4.69, 9.17) is 10.7 Å². The quantitative estimate of drug-likeness (QED) is 0.526. The number of pyridine rings is 1. The first-order valence-electron chi connectivity index (χ1n) is 8.81. The Hall–Kier alpha value is -3.87. The summed E-state index contributed by atoms with van der Waals surface area (Å²) >= 11 is 0. The van der Waals surface area contributed by atoms with E-state index < -0.39 is 11.7 Å². The SMILES string of the molecule is BN(C)c1nc2c(cc(-c3cc(F)cc(C#N)c3)n2CC(N)=O)c2c1ncn2C. The first-order chi connectivity index (χ1) is 13.8. The van der Waals surface area contributed by atoms with Gasteiger partial charge in [-0.05, 0) is 31.3 Å². The van der Waals surface area contributed by atoms with E-state index in [2.05, 4.69) is 4.98 Å². The Morgan fingerprint density at radius 3 is 2.79 bits per heavy atom. The number of fused-ring (bicyclic) bond motifs is 3. The molecule has 0 saturated heterocycles. The third-order valence-electron chi connectivity index (χ3n) is 4.74. The number of carbonyl (C=O) groups excluding carboxylic acids is 1. The lowest BCUT2D eigenvalue weighted by Gasteiger charge is -2.14. The largest absolute Gasteiger partial charge is 0.408 e. The molecule has 0 atom stereocenters. The monoisotopic (exact) mass is 389 g/mol. The number of benzene rings is 1.